The maximum absolute atomic E-state index is 12.4. The smallest absolute Gasteiger partial charge is 0.221 e. The van der Waals surface area contributed by atoms with Crippen molar-refractivity contribution in [2.75, 3.05) is 26.2 Å². The van der Waals surface area contributed by atoms with E-state index >= 15 is 0 Å². The van der Waals surface area contributed by atoms with Crippen LogP contribution in [0, 0.1) is 0 Å². The monoisotopic (exact) mass is 441 g/mol. The number of amides is 1. The summed E-state index contributed by atoms with van der Waals surface area (Å²) in [5.41, 5.74) is 1.91. The first-order chi connectivity index (χ1) is 15.7. The number of carbonyl (C=O) groups is 1. The zero-order valence-electron chi connectivity index (χ0n) is 18.7. The Hall–Kier alpha value is -2.29. The Kier molecular flexibility index (Phi) is 8.25. The molecule has 2 fully saturated rings. The van der Waals surface area contributed by atoms with Crippen LogP contribution in [0.15, 0.2) is 36.5 Å². The van der Waals surface area contributed by atoms with Crippen LogP contribution in [0.3, 0.4) is 0 Å². The molecule has 4 rings (SSSR count). The minimum Gasteiger partial charge on any atom is -0.394 e. The summed E-state index contributed by atoms with van der Waals surface area (Å²) in [6.07, 6.45) is 8.37. The number of hydrogen-bond donors (Lipinski definition) is 2. The minimum atomic E-state index is -0.358. The number of aryl methyl sites for hydroxylation is 1. The van der Waals surface area contributed by atoms with Gasteiger partial charge in [-0.05, 0) is 45.2 Å². The first-order valence-electron chi connectivity index (χ1n) is 11.9. The van der Waals surface area contributed by atoms with Gasteiger partial charge in [0.15, 0.2) is 0 Å². The van der Waals surface area contributed by atoms with Gasteiger partial charge in [0.2, 0.25) is 5.91 Å². The molecule has 0 spiro atoms. The van der Waals surface area contributed by atoms with Gasteiger partial charge in [0, 0.05) is 25.1 Å². The van der Waals surface area contributed by atoms with Crippen molar-refractivity contribution >= 4 is 5.91 Å². The predicted octanol–water partition coefficient (Wildman–Crippen LogP) is 2.24. The van der Waals surface area contributed by atoms with Crippen LogP contribution < -0.4 is 5.32 Å². The molecule has 0 radical (unpaired) electrons. The third kappa shape index (κ3) is 6.37. The van der Waals surface area contributed by atoms with Crippen LogP contribution in [0.25, 0.3) is 11.3 Å². The molecule has 8 heteroatoms. The molecule has 8 nitrogen and oxygen atoms in total. The number of aromatic nitrogens is 3. The zero-order chi connectivity index (χ0) is 22.2. The summed E-state index contributed by atoms with van der Waals surface area (Å²) >= 11 is 0. The summed E-state index contributed by atoms with van der Waals surface area (Å²) in [6.45, 7) is 3.62. The highest BCUT2D eigenvalue weighted by Crippen LogP contribution is 2.23. The van der Waals surface area contributed by atoms with Crippen LogP contribution in [0.1, 0.15) is 44.9 Å². The van der Waals surface area contributed by atoms with E-state index in [-0.39, 0.29) is 30.8 Å². The summed E-state index contributed by atoms with van der Waals surface area (Å²) in [4.78, 5) is 14.8. The largest absolute Gasteiger partial charge is 0.394 e. The van der Waals surface area contributed by atoms with E-state index in [2.05, 4.69) is 20.5 Å². The average molecular weight is 442 g/mol. The lowest BCUT2D eigenvalue weighted by molar-refractivity contribution is -0.129. The number of nitrogens with one attached hydrogen (secondary N) is 1. The fourth-order valence-corrected chi connectivity index (χ4v) is 4.66. The Balaban J connectivity index is 1.20. The number of rotatable bonds is 9. The van der Waals surface area contributed by atoms with E-state index in [1.165, 1.54) is 19.3 Å². The first kappa shape index (κ1) is 22.9. The van der Waals surface area contributed by atoms with Crippen molar-refractivity contribution < 1.29 is 14.6 Å². The van der Waals surface area contributed by atoms with Gasteiger partial charge < -0.3 is 20.1 Å². The number of aliphatic hydroxyl groups is 1. The maximum Gasteiger partial charge on any atom is 0.221 e. The number of hydrogen-bond acceptors (Lipinski definition) is 6. The highest BCUT2D eigenvalue weighted by atomic mass is 16.5. The highest BCUT2D eigenvalue weighted by Gasteiger charge is 2.31. The Morgan fingerprint density at radius 3 is 2.72 bits per heavy atom. The molecule has 0 saturated carbocycles. The minimum absolute atomic E-state index is 0.0398. The van der Waals surface area contributed by atoms with Gasteiger partial charge in [-0.3, -0.25) is 9.48 Å². The second-order valence-electron chi connectivity index (χ2n) is 8.90. The molecule has 1 aromatic carbocycles. The van der Waals surface area contributed by atoms with Crippen LogP contribution in [-0.2, 0) is 16.1 Å². The highest BCUT2D eigenvalue weighted by molar-refractivity contribution is 5.76. The SMILES string of the molecule is O=C(CCN1CCCCC1)N[C@H]1CC[C@H](CCn2cc(-c3ccccc3)nn2)O[C@@H]1CO. The topological polar surface area (TPSA) is 92.5 Å². The van der Waals surface area contributed by atoms with E-state index in [9.17, 15) is 9.90 Å². The van der Waals surface area contributed by atoms with E-state index in [1.807, 2.05) is 41.2 Å². The van der Waals surface area contributed by atoms with Crippen molar-refractivity contribution in [3.8, 4) is 11.3 Å². The molecule has 174 valence electrons. The molecule has 2 saturated heterocycles. The van der Waals surface area contributed by atoms with Crippen LogP contribution in [-0.4, -0.2) is 75.4 Å². The van der Waals surface area contributed by atoms with Gasteiger partial charge in [-0.1, -0.05) is 42.0 Å². The third-order valence-corrected chi connectivity index (χ3v) is 6.53. The molecule has 2 aliphatic rings. The van der Waals surface area contributed by atoms with Gasteiger partial charge >= 0.3 is 0 Å². The lowest BCUT2D eigenvalue weighted by Gasteiger charge is -2.36. The molecule has 0 bridgehead atoms. The summed E-state index contributed by atoms with van der Waals surface area (Å²) in [7, 11) is 0. The fraction of sp³-hybridized carbons (Fsp3) is 0.625. The number of likely N-dealkylation sites (tertiary alicyclic amines) is 1. The predicted molar refractivity (Wildman–Crippen MR) is 122 cm³/mol. The van der Waals surface area contributed by atoms with Crippen molar-refractivity contribution in [1.29, 1.82) is 0 Å². The van der Waals surface area contributed by atoms with Crippen molar-refractivity contribution in [2.45, 2.75) is 69.7 Å². The molecular formula is C24H35N5O3. The molecule has 3 heterocycles. The van der Waals surface area contributed by atoms with Crippen molar-refractivity contribution in [2.24, 2.45) is 0 Å². The quantitative estimate of drug-likeness (QED) is 0.620. The van der Waals surface area contributed by atoms with Crippen LogP contribution >= 0.6 is 0 Å². The van der Waals surface area contributed by atoms with Gasteiger partial charge in [0.05, 0.1) is 24.9 Å². The molecule has 1 aromatic heterocycles. The van der Waals surface area contributed by atoms with Gasteiger partial charge in [0.25, 0.3) is 0 Å². The van der Waals surface area contributed by atoms with Crippen molar-refractivity contribution in [3.63, 3.8) is 0 Å². The molecule has 1 amide bonds. The molecular weight excluding hydrogens is 406 g/mol. The number of piperidine rings is 1. The van der Waals surface area contributed by atoms with Crippen LogP contribution in [0.2, 0.25) is 0 Å². The molecule has 2 aliphatic heterocycles. The Morgan fingerprint density at radius 1 is 1.12 bits per heavy atom. The van der Waals surface area contributed by atoms with E-state index in [1.54, 1.807) is 0 Å². The van der Waals surface area contributed by atoms with Crippen molar-refractivity contribution in [3.05, 3.63) is 36.5 Å². The Bertz CT molecular complexity index is 837. The van der Waals surface area contributed by atoms with E-state index in [4.69, 9.17) is 4.74 Å². The number of carbonyl (C=O) groups excluding carboxylic acids is 1. The average Bonchev–Trinajstić information content (AvgIpc) is 3.32. The second-order valence-corrected chi connectivity index (χ2v) is 8.90. The third-order valence-electron chi connectivity index (χ3n) is 6.53. The summed E-state index contributed by atoms with van der Waals surface area (Å²) in [5.74, 6) is 0.0529. The molecule has 2 aromatic rings. The number of ether oxygens (including phenoxy) is 1. The number of nitrogens with zero attached hydrogens (tertiary/aromatic N) is 4. The maximum atomic E-state index is 12.4. The fourth-order valence-electron chi connectivity index (χ4n) is 4.66. The normalized spacial score (nSPS) is 24.3. The van der Waals surface area contributed by atoms with Gasteiger partial charge in [-0.25, -0.2) is 0 Å². The number of aliphatic hydroxyl groups excluding tert-OH is 1. The summed E-state index contributed by atoms with van der Waals surface area (Å²) < 4.78 is 7.96. The van der Waals surface area contributed by atoms with Gasteiger partial charge in [0.1, 0.15) is 11.8 Å². The van der Waals surface area contributed by atoms with Gasteiger partial charge in [-0.2, -0.15) is 0 Å². The van der Waals surface area contributed by atoms with E-state index in [0.29, 0.717) is 13.0 Å². The zero-order valence-corrected chi connectivity index (χ0v) is 18.7. The van der Waals surface area contributed by atoms with Crippen molar-refractivity contribution in [1.82, 2.24) is 25.2 Å². The van der Waals surface area contributed by atoms with Gasteiger partial charge in [-0.15, -0.1) is 5.10 Å². The molecule has 0 aliphatic carbocycles. The molecule has 0 unspecified atom stereocenters. The summed E-state index contributed by atoms with van der Waals surface area (Å²) in [6, 6.07) is 9.87. The second kappa shape index (κ2) is 11.5. The lowest BCUT2D eigenvalue weighted by Crippen LogP contribution is -2.51. The summed E-state index contributed by atoms with van der Waals surface area (Å²) in [5, 5.41) is 21.4. The van der Waals surface area contributed by atoms with E-state index < -0.39 is 0 Å². The van der Waals surface area contributed by atoms with Crippen LogP contribution in [0.5, 0.6) is 0 Å². The van der Waals surface area contributed by atoms with E-state index in [0.717, 1.165) is 50.2 Å². The lowest BCUT2D eigenvalue weighted by atomic mass is 9.97. The van der Waals surface area contributed by atoms with Crippen LogP contribution in [0.4, 0.5) is 0 Å². The Labute approximate surface area is 189 Å². The first-order valence-corrected chi connectivity index (χ1v) is 11.9. The molecule has 32 heavy (non-hydrogen) atoms. The number of benzene rings is 1. The molecule has 2 N–H and O–H groups in total. The standard InChI is InChI=1S/C24H35N5O3/c30-18-23-21(25-24(31)12-15-28-13-5-2-6-14-28)10-9-20(32-23)11-16-29-17-22(26-27-29)19-7-3-1-4-8-19/h1,3-4,7-8,17,20-21,23,30H,2,5-6,9-16,18H2,(H,25,31)/t20-,21+,23-/m1/s1. The Morgan fingerprint density at radius 2 is 1.94 bits per heavy atom. The molecule has 3 atom stereocenters.